The summed E-state index contributed by atoms with van der Waals surface area (Å²) in [5, 5.41) is 2.94. The predicted octanol–water partition coefficient (Wildman–Crippen LogP) is 4.02. The Balaban J connectivity index is 2.43. The van der Waals surface area contributed by atoms with Gasteiger partial charge in [0.1, 0.15) is 6.04 Å². The molecule has 0 spiro atoms. The van der Waals surface area contributed by atoms with E-state index in [0.717, 1.165) is 5.56 Å². The van der Waals surface area contributed by atoms with E-state index < -0.39 is 6.04 Å². The molecule has 0 saturated carbocycles. The standard InChI is InChI=1S/C24H33N3O3/c1-6-21(28)27(20-12-10-19(11-13-20)24(2,3)4)22(18-9-7-14-25-17-18)23(29)26-15-8-16-30-5/h7,9-14,17,22H,6,8,15-16H2,1-5H3,(H,26,29)/t22-/m1/s1. The van der Waals surface area contributed by atoms with Gasteiger partial charge in [0.2, 0.25) is 11.8 Å². The van der Waals surface area contributed by atoms with Crippen LogP contribution in [0.4, 0.5) is 5.69 Å². The first-order valence-corrected chi connectivity index (χ1v) is 10.4. The van der Waals surface area contributed by atoms with E-state index in [2.05, 4.69) is 31.1 Å². The lowest BCUT2D eigenvalue weighted by molar-refractivity contribution is -0.126. The molecule has 1 aromatic carbocycles. The van der Waals surface area contributed by atoms with Crippen molar-refractivity contribution < 1.29 is 14.3 Å². The molecular weight excluding hydrogens is 378 g/mol. The van der Waals surface area contributed by atoms with Crippen molar-refractivity contribution in [2.75, 3.05) is 25.2 Å². The number of nitrogens with one attached hydrogen (secondary N) is 1. The molecule has 0 aliphatic heterocycles. The number of nitrogens with zero attached hydrogens (tertiary/aromatic N) is 2. The zero-order chi connectivity index (χ0) is 22.1. The van der Waals surface area contributed by atoms with Crippen molar-refractivity contribution in [2.45, 2.75) is 52.0 Å². The smallest absolute Gasteiger partial charge is 0.247 e. The Hall–Kier alpha value is -2.73. The van der Waals surface area contributed by atoms with Gasteiger partial charge in [-0.3, -0.25) is 19.5 Å². The zero-order valence-corrected chi connectivity index (χ0v) is 18.6. The molecule has 162 valence electrons. The van der Waals surface area contributed by atoms with Crippen LogP contribution in [0, 0.1) is 0 Å². The highest BCUT2D eigenvalue weighted by molar-refractivity contribution is 6.01. The van der Waals surface area contributed by atoms with E-state index >= 15 is 0 Å². The lowest BCUT2D eigenvalue weighted by Crippen LogP contribution is -2.44. The molecule has 0 saturated heterocycles. The third-order valence-corrected chi connectivity index (χ3v) is 4.91. The fraction of sp³-hybridized carbons (Fsp3) is 0.458. The predicted molar refractivity (Wildman–Crippen MR) is 119 cm³/mol. The number of carbonyl (C=O) groups excluding carboxylic acids is 2. The van der Waals surface area contributed by atoms with Crippen LogP contribution in [0.5, 0.6) is 0 Å². The Bertz CT molecular complexity index is 814. The summed E-state index contributed by atoms with van der Waals surface area (Å²) in [6.45, 7) is 9.26. The summed E-state index contributed by atoms with van der Waals surface area (Å²) in [5.41, 5.74) is 2.52. The number of amides is 2. The van der Waals surface area contributed by atoms with E-state index in [1.54, 1.807) is 37.4 Å². The maximum atomic E-state index is 13.2. The van der Waals surface area contributed by atoms with Gasteiger partial charge in [0.15, 0.2) is 0 Å². The highest BCUT2D eigenvalue weighted by atomic mass is 16.5. The van der Waals surface area contributed by atoms with Gasteiger partial charge in [-0.2, -0.15) is 0 Å². The van der Waals surface area contributed by atoms with Crippen LogP contribution in [0.15, 0.2) is 48.8 Å². The third-order valence-electron chi connectivity index (χ3n) is 4.91. The number of methoxy groups -OCH3 is 1. The first kappa shape index (κ1) is 23.5. The molecule has 0 fully saturated rings. The second kappa shape index (κ2) is 10.9. The average Bonchev–Trinajstić information content (AvgIpc) is 2.74. The highest BCUT2D eigenvalue weighted by Crippen LogP contribution is 2.31. The second-order valence-corrected chi connectivity index (χ2v) is 8.24. The van der Waals surface area contributed by atoms with Gasteiger partial charge in [0, 0.05) is 50.3 Å². The molecule has 0 unspecified atom stereocenters. The number of rotatable bonds is 9. The van der Waals surface area contributed by atoms with Gasteiger partial charge in [-0.15, -0.1) is 0 Å². The molecule has 6 heteroatoms. The fourth-order valence-corrected chi connectivity index (χ4v) is 3.21. The van der Waals surface area contributed by atoms with Crippen molar-refractivity contribution >= 4 is 17.5 Å². The van der Waals surface area contributed by atoms with Crippen LogP contribution in [0.3, 0.4) is 0 Å². The van der Waals surface area contributed by atoms with Crippen LogP contribution in [-0.2, 0) is 19.7 Å². The minimum atomic E-state index is -0.797. The fourth-order valence-electron chi connectivity index (χ4n) is 3.21. The lowest BCUT2D eigenvalue weighted by atomic mass is 9.87. The molecule has 1 N–H and O–H groups in total. The number of benzene rings is 1. The first-order chi connectivity index (χ1) is 14.3. The molecule has 1 atom stereocenters. The maximum Gasteiger partial charge on any atom is 0.247 e. The van der Waals surface area contributed by atoms with Crippen LogP contribution >= 0.6 is 0 Å². The first-order valence-electron chi connectivity index (χ1n) is 10.4. The van der Waals surface area contributed by atoms with Crippen molar-refractivity contribution in [1.29, 1.82) is 0 Å². The second-order valence-electron chi connectivity index (χ2n) is 8.24. The third kappa shape index (κ3) is 6.13. The van der Waals surface area contributed by atoms with Crippen molar-refractivity contribution in [3.05, 3.63) is 59.9 Å². The van der Waals surface area contributed by atoms with E-state index in [1.807, 2.05) is 30.3 Å². The van der Waals surface area contributed by atoms with Gasteiger partial charge in [-0.1, -0.05) is 45.9 Å². The van der Waals surface area contributed by atoms with Gasteiger partial charge in [0.25, 0.3) is 0 Å². The van der Waals surface area contributed by atoms with Crippen molar-refractivity contribution in [3.8, 4) is 0 Å². The summed E-state index contributed by atoms with van der Waals surface area (Å²) in [6, 6.07) is 10.7. The molecule has 0 aliphatic rings. The largest absolute Gasteiger partial charge is 0.385 e. The number of hydrogen-bond donors (Lipinski definition) is 1. The van der Waals surface area contributed by atoms with Crippen molar-refractivity contribution in [3.63, 3.8) is 0 Å². The molecule has 2 amide bonds. The summed E-state index contributed by atoms with van der Waals surface area (Å²) < 4.78 is 5.05. The molecule has 0 bridgehead atoms. The Morgan fingerprint density at radius 3 is 2.40 bits per heavy atom. The number of ether oxygens (including phenoxy) is 1. The molecule has 0 aliphatic carbocycles. The molecular formula is C24H33N3O3. The van der Waals surface area contributed by atoms with Gasteiger partial charge in [-0.25, -0.2) is 0 Å². The molecule has 0 radical (unpaired) electrons. The van der Waals surface area contributed by atoms with E-state index in [1.165, 1.54) is 0 Å². The molecule has 6 nitrogen and oxygen atoms in total. The molecule has 2 aromatic rings. The van der Waals surface area contributed by atoms with Crippen molar-refractivity contribution in [2.24, 2.45) is 0 Å². The Kier molecular flexibility index (Phi) is 8.54. The SMILES string of the molecule is CCC(=O)N(c1ccc(C(C)(C)C)cc1)[C@@H](C(=O)NCCCOC)c1cccnc1. The number of carbonyl (C=O) groups is 2. The molecule has 30 heavy (non-hydrogen) atoms. The van der Waals surface area contributed by atoms with Crippen LogP contribution in [-0.4, -0.2) is 37.1 Å². The van der Waals surface area contributed by atoms with Crippen LogP contribution in [0.25, 0.3) is 0 Å². The Morgan fingerprint density at radius 1 is 1.17 bits per heavy atom. The topological polar surface area (TPSA) is 71.5 Å². The highest BCUT2D eigenvalue weighted by Gasteiger charge is 2.32. The van der Waals surface area contributed by atoms with E-state index in [0.29, 0.717) is 30.8 Å². The average molecular weight is 412 g/mol. The Labute approximate surface area is 179 Å². The van der Waals surface area contributed by atoms with Crippen molar-refractivity contribution in [1.82, 2.24) is 10.3 Å². The summed E-state index contributed by atoms with van der Waals surface area (Å²) in [6.07, 6.45) is 4.28. The molecule has 1 aromatic heterocycles. The quantitative estimate of drug-likeness (QED) is 0.633. The molecule has 1 heterocycles. The normalized spacial score (nSPS) is 12.3. The van der Waals surface area contributed by atoms with Crippen LogP contribution in [0.1, 0.15) is 57.7 Å². The van der Waals surface area contributed by atoms with Gasteiger partial charge >= 0.3 is 0 Å². The number of hydrogen-bond acceptors (Lipinski definition) is 4. The molecule has 2 rings (SSSR count). The van der Waals surface area contributed by atoms with Crippen LogP contribution < -0.4 is 10.2 Å². The number of pyridine rings is 1. The summed E-state index contributed by atoms with van der Waals surface area (Å²) in [4.78, 5) is 31.9. The number of anilines is 1. The summed E-state index contributed by atoms with van der Waals surface area (Å²) in [5.74, 6) is -0.361. The number of aromatic nitrogens is 1. The monoisotopic (exact) mass is 411 g/mol. The van der Waals surface area contributed by atoms with Gasteiger partial charge in [-0.05, 0) is 35.6 Å². The van der Waals surface area contributed by atoms with E-state index in [-0.39, 0.29) is 23.7 Å². The summed E-state index contributed by atoms with van der Waals surface area (Å²) in [7, 11) is 1.63. The maximum absolute atomic E-state index is 13.2. The minimum Gasteiger partial charge on any atom is -0.385 e. The summed E-state index contributed by atoms with van der Waals surface area (Å²) >= 11 is 0. The zero-order valence-electron chi connectivity index (χ0n) is 18.6. The van der Waals surface area contributed by atoms with E-state index in [4.69, 9.17) is 4.74 Å². The van der Waals surface area contributed by atoms with Crippen LogP contribution in [0.2, 0.25) is 0 Å². The lowest BCUT2D eigenvalue weighted by Gasteiger charge is -2.31. The Morgan fingerprint density at radius 2 is 1.87 bits per heavy atom. The minimum absolute atomic E-state index is 0.000396. The van der Waals surface area contributed by atoms with E-state index in [9.17, 15) is 9.59 Å². The van der Waals surface area contributed by atoms with Gasteiger partial charge < -0.3 is 10.1 Å². The van der Waals surface area contributed by atoms with Gasteiger partial charge in [0.05, 0.1) is 0 Å².